The molecular formula is C51H61N13. The van der Waals surface area contributed by atoms with Gasteiger partial charge in [-0.15, -0.1) is 0 Å². The molecule has 13 nitrogen and oxygen atoms in total. The fraction of sp³-hybridized carbons (Fsp3) is 0.412. The van der Waals surface area contributed by atoms with Gasteiger partial charge in [-0.1, -0.05) is 13.8 Å². The second-order valence-corrected chi connectivity index (χ2v) is 17.9. The molecule has 3 aliphatic rings. The van der Waals surface area contributed by atoms with Crippen LogP contribution in [-0.4, -0.2) is 123 Å². The smallest absolute Gasteiger partial charge is 0.125 e. The summed E-state index contributed by atoms with van der Waals surface area (Å²) in [5.41, 5.74) is 20.3. The average Bonchev–Trinajstić information content (AvgIpc) is 3.83. The molecule has 0 radical (unpaired) electrons. The van der Waals surface area contributed by atoms with Crippen LogP contribution in [0.3, 0.4) is 0 Å². The second kappa shape index (κ2) is 18.6. The molecule has 5 aromatic heterocycles. The van der Waals surface area contributed by atoms with E-state index in [4.69, 9.17) is 31.1 Å². The summed E-state index contributed by atoms with van der Waals surface area (Å²) in [7, 11) is 0. The Labute approximate surface area is 375 Å². The molecule has 2 aromatic carbocycles. The topological polar surface area (TPSA) is 164 Å². The lowest BCUT2D eigenvalue weighted by Crippen LogP contribution is -2.48. The largest absolute Gasteiger partial charge is 0.398 e. The van der Waals surface area contributed by atoms with Crippen LogP contribution >= 0.6 is 0 Å². The van der Waals surface area contributed by atoms with Gasteiger partial charge in [-0.3, -0.25) is 10.00 Å². The van der Waals surface area contributed by atoms with Crippen LogP contribution in [0.15, 0.2) is 67.1 Å². The summed E-state index contributed by atoms with van der Waals surface area (Å²) in [6.45, 7) is 15.5. The number of piperazine rings is 1. The van der Waals surface area contributed by atoms with E-state index in [2.05, 4.69) is 85.8 Å². The molecule has 1 fully saturated rings. The molecule has 1 atom stereocenters. The molecule has 0 bridgehead atoms. The molecule has 0 saturated carbocycles. The number of nitrogen functional groups attached to an aromatic ring is 1. The third-order valence-electron chi connectivity index (χ3n) is 14.2. The number of hydrogen-bond acceptors (Lipinski definition) is 12. The zero-order chi connectivity index (χ0) is 43.6. The number of rotatable bonds is 15. The Kier molecular flexibility index (Phi) is 12.2. The van der Waals surface area contributed by atoms with Crippen molar-refractivity contribution < 1.29 is 0 Å². The first-order valence-electron chi connectivity index (χ1n) is 23.6. The number of aromatic nitrogens is 6. The molecule has 330 valence electrons. The maximum absolute atomic E-state index is 8.06. The highest BCUT2D eigenvalue weighted by atomic mass is 15.3. The molecule has 1 saturated heterocycles. The summed E-state index contributed by atoms with van der Waals surface area (Å²) in [6.07, 6.45) is 14.9. The molecule has 10 rings (SSSR count). The van der Waals surface area contributed by atoms with Crippen LogP contribution in [0.25, 0.3) is 55.2 Å². The highest BCUT2D eigenvalue weighted by molar-refractivity contribution is 6.08. The Morgan fingerprint density at radius 1 is 0.750 bits per heavy atom. The number of nitrogens with zero attached hydrogens (tertiary/aromatic N) is 8. The van der Waals surface area contributed by atoms with Gasteiger partial charge >= 0.3 is 0 Å². The number of likely N-dealkylation sites (N-methyl/N-ethyl adjacent to an activating group) is 1. The van der Waals surface area contributed by atoms with Crippen molar-refractivity contribution in [2.45, 2.75) is 64.7 Å². The summed E-state index contributed by atoms with van der Waals surface area (Å²) in [5.74, 6) is 2.20. The highest BCUT2D eigenvalue weighted by Gasteiger charge is 2.30. The minimum atomic E-state index is 0.415. The summed E-state index contributed by atoms with van der Waals surface area (Å²) < 4.78 is 0. The lowest BCUT2D eigenvalue weighted by atomic mass is 9.78. The third-order valence-corrected chi connectivity index (χ3v) is 14.2. The third kappa shape index (κ3) is 8.28. The van der Waals surface area contributed by atoms with Gasteiger partial charge in [0.15, 0.2) is 0 Å². The van der Waals surface area contributed by atoms with Crippen molar-refractivity contribution in [3.63, 3.8) is 0 Å². The van der Waals surface area contributed by atoms with Crippen molar-refractivity contribution in [3.8, 4) is 22.5 Å². The van der Waals surface area contributed by atoms with Gasteiger partial charge in [0.25, 0.3) is 0 Å². The number of hydrogen-bond donors (Lipinski definition) is 5. The van der Waals surface area contributed by atoms with Crippen molar-refractivity contribution in [1.29, 1.82) is 5.41 Å². The molecule has 2 aliphatic carbocycles. The maximum Gasteiger partial charge on any atom is 0.125 e. The molecule has 64 heavy (non-hydrogen) atoms. The predicted octanol–water partition coefficient (Wildman–Crippen LogP) is 8.15. The fourth-order valence-electron chi connectivity index (χ4n) is 10.7. The van der Waals surface area contributed by atoms with Crippen molar-refractivity contribution in [2.24, 2.45) is 0 Å². The molecule has 6 heterocycles. The number of aromatic amines is 1. The molecule has 1 aliphatic heterocycles. The predicted molar refractivity (Wildman–Crippen MR) is 262 cm³/mol. The van der Waals surface area contributed by atoms with E-state index in [1.54, 1.807) is 0 Å². The first-order chi connectivity index (χ1) is 31.5. The van der Waals surface area contributed by atoms with Gasteiger partial charge in [0.2, 0.25) is 0 Å². The van der Waals surface area contributed by atoms with Crippen LogP contribution in [0.4, 0.5) is 17.3 Å². The van der Waals surface area contributed by atoms with Gasteiger partial charge in [-0.25, -0.2) is 19.9 Å². The first kappa shape index (κ1) is 42.0. The van der Waals surface area contributed by atoms with Gasteiger partial charge in [-0.05, 0) is 135 Å². The minimum Gasteiger partial charge on any atom is -0.398 e. The van der Waals surface area contributed by atoms with Crippen LogP contribution in [-0.2, 0) is 19.3 Å². The second-order valence-electron chi connectivity index (χ2n) is 17.9. The van der Waals surface area contributed by atoms with Crippen LogP contribution in [0, 0.1) is 5.41 Å². The van der Waals surface area contributed by atoms with E-state index in [0.29, 0.717) is 11.6 Å². The number of pyridine rings is 4. The van der Waals surface area contributed by atoms with E-state index < -0.39 is 0 Å². The highest BCUT2D eigenvalue weighted by Crippen LogP contribution is 2.44. The first-order valence-corrected chi connectivity index (χ1v) is 23.6. The zero-order valence-electron chi connectivity index (χ0n) is 37.4. The lowest BCUT2D eigenvalue weighted by Gasteiger charge is -2.38. The number of aryl methyl sites for hydroxylation is 1. The van der Waals surface area contributed by atoms with Gasteiger partial charge in [0.1, 0.15) is 11.6 Å². The summed E-state index contributed by atoms with van der Waals surface area (Å²) in [6, 6.07) is 16.7. The Balaban J connectivity index is 0.790. The summed E-state index contributed by atoms with van der Waals surface area (Å²) in [4.78, 5) is 27.9. The molecule has 7 aromatic rings. The molecule has 0 amide bonds. The van der Waals surface area contributed by atoms with E-state index in [9.17, 15) is 0 Å². The standard InChI is InChI=1S/C51H61N13/c1-3-62(4-2)22-20-54-45-19-13-34(30-57-45)51-38-11-7-8-35(47(38)49-40-31-58-61-42(40)16-17-44(49)60-51)32-64-26-24-63(25-27-64)23-21-55-46-18-12-33(29-56-46)50-37-10-6-5-9-36(37)48-39(28-52)41(53)14-15-43(48)59-50/h12-19,28-31,35,52H,3-11,20-27,32,53H2,1-2H3,(H,54,57)(H,55,56)(H,58,61). The molecule has 1 unspecified atom stereocenters. The molecule has 6 N–H and O–H groups in total. The van der Waals surface area contributed by atoms with Crippen molar-refractivity contribution >= 4 is 56.2 Å². The fourth-order valence-corrected chi connectivity index (χ4v) is 10.7. The average molecular weight is 856 g/mol. The zero-order valence-corrected chi connectivity index (χ0v) is 37.4. The Hall–Kier alpha value is -6.02. The van der Waals surface area contributed by atoms with Crippen LogP contribution in [0.2, 0.25) is 0 Å². The van der Waals surface area contributed by atoms with Crippen molar-refractivity contribution in [3.05, 3.63) is 94.9 Å². The normalized spacial score (nSPS) is 17.0. The van der Waals surface area contributed by atoms with E-state index in [1.165, 1.54) is 45.7 Å². The molecule has 0 spiro atoms. The van der Waals surface area contributed by atoms with Gasteiger partial charge in [0.05, 0.1) is 34.1 Å². The number of benzene rings is 2. The Bertz CT molecular complexity index is 2770. The van der Waals surface area contributed by atoms with E-state index in [0.717, 1.165) is 172 Å². The van der Waals surface area contributed by atoms with Gasteiger partial charge < -0.3 is 31.6 Å². The number of nitrogens with one attached hydrogen (secondary N) is 4. The number of nitrogens with two attached hydrogens (primary N) is 1. The summed E-state index contributed by atoms with van der Waals surface area (Å²) in [5, 5.41) is 26.3. The van der Waals surface area contributed by atoms with Crippen molar-refractivity contribution in [1.82, 2.24) is 44.8 Å². The Morgan fingerprint density at radius 2 is 1.41 bits per heavy atom. The molecular weight excluding hydrogens is 795 g/mol. The monoisotopic (exact) mass is 856 g/mol. The SMILES string of the molecule is CCN(CC)CCNc1ccc(-c2nc3ccc4[nH]ncc4c3c3c2CCCC3CN2CCN(CCNc3ccc(-c4nc5ccc(N)c(C=N)c5c5c4CCCC5)cn3)CC2)cn1. The van der Waals surface area contributed by atoms with E-state index in [-0.39, 0.29) is 0 Å². The van der Waals surface area contributed by atoms with Crippen LogP contribution in [0.1, 0.15) is 73.3 Å². The molecule has 13 heteroatoms. The summed E-state index contributed by atoms with van der Waals surface area (Å²) >= 11 is 0. The quantitative estimate of drug-likeness (QED) is 0.0500. The number of fused-ring (bicyclic) bond motifs is 8. The van der Waals surface area contributed by atoms with Gasteiger partial charge in [-0.2, -0.15) is 5.10 Å². The van der Waals surface area contributed by atoms with E-state index >= 15 is 0 Å². The van der Waals surface area contributed by atoms with Crippen LogP contribution < -0.4 is 16.4 Å². The minimum absolute atomic E-state index is 0.415. The van der Waals surface area contributed by atoms with E-state index in [1.807, 2.05) is 30.7 Å². The maximum atomic E-state index is 8.06. The lowest BCUT2D eigenvalue weighted by molar-refractivity contribution is 0.128. The van der Waals surface area contributed by atoms with Gasteiger partial charge in [0, 0.05) is 116 Å². The number of anilines is 3. The Morgan fingerprint density at radius 3 is 2.11 bits per heavy atom. The van der Waals surface area contributed by atoms with Crippen molar-refractivity contribution in [2.75, 3.05) is 88.4 Å². The number of H-pyrrole nitrogens is 1. The van der Waals surface area contributed by atoms with Crippen LogP contribution in [0.5, 0.6) is 0 Å².